The number of carbonyl (C=O) groups is 1. The summed E-state index contributed by atoms with van der Waals surface area (Å²) in [5, 5.41) is 14.4. The fraction of sp³-hybridized carbons (Fsp3) is 0.167. The van der Waals surface area contributed by atoms with Crippen LogP contribution in [0.15, 0.2) is 41.5 Å². The van der Waals surface area contributed by atoms with Crippen molar-refractivity contribution in [2.45, 2.75) is 12.5 Å². The van der Waals surface area contributed by atoms with E-state index >= 15 is 0 Å². The minimum absolute atomic E-state index is 0.0432. The Hall–Kier alpha value is -3.64. The Morgan fingerprint density at radius 3 is 3.14 bits per heavy atom. The van der Waals surface area contributed by atoms with Crippen LogP contribution < -0.4 is 0 Å². The summed E-state index contributed by atoms with van der Waals surface area (Å²) in [5.41, 5.74) is 3.10. The molecule has 4 aromatic heterocycles. The largest absolute Gasteiger partial charge is 0.437 e. The van der Waals surface area contributed by atoms with Crippen LogP contribution in [0.1, 0.15) is 39.4 Å². The molecule has 0 saturated heterocycles. The maximum atomic E-state index is 13.2. The molecule has 1 atom stereocenters. The highest BCUT2D eigenvalue weighted by Crippen LogP contribution is 2.34. The fourth-order valence-electron chi connectivity index (χ4n) is 3.52. The summed E-state index contributed by atoms with van der Waals surface area (Å²) in [6, 6.07) is 6.87. The lowest BCUT2D eigenvalue weighted by atomic mass is 9.99. The second kappa shape index (κ2) is 6.21. The summed E-state index contributed by atoms with van der Waals surface area (Å²) in [6.45, 7) is 0.416. The number of amides is 1. The highest BCUT2D eigenvalue weighted by atomic mass is 35.5. The number of nitrogens with one attached hydrogen (secondary N) is 1. The first-order valence-corrected chi connectivity index (χ1v) is 8.85. The molecular formula is C18H12ClN7O2. The van der Waals surface area contributed by atoms with Crippen LogP contribution in [-0.4, -0.2) is 41.9 Å². The lowest BCUT2D eigenvalue weighted by molar-refractivity contribution is 0.0654. The van der Waals surface area contributed by atoms with Crippen molar-refractivity contribution >= 4 is 23.0 Å². The van der Waals surface area contributed by atoms with E-state index in [1.165, 1.54) is 0 Å². The molecule has 1 N–H and O–H groups in total. The van der Waals surface area contributed by atoms with E-state index < -0.39 is 11.9 Å². The van der Waals surface area contributed by atoms with E-state index in [1.54, 1.807) is 28.0 Å². The Bertz CT molecular complexity index is 1250. The van der Waals surface area contributed by atoms with Gasteiger partial charge in [0.2, 0.25) is 5.76 Å². The third-order valence-electron chi connectivity index (χ3n) is 4.78. The molecule has 5 heterocycles. The molecule has 0 aliphatic carbocycles. The number of hydrogen-bond acceptors (Lipinski definition) is 6. The van der Waals surface area contributed by atoms with Gasteiger partial charge in [-0.05, 0) is 18.2 Å². The van der Waals surface area contributed by atoms with E-state index in [2.05, 4.69) is 20.1 Å². The molecule has 0 saturated carbocycles. The van der Waals surface area contributed by atoms with Crippen LogP contribution in [0.2, 0.25) is 5.02 Å². The molecule has 0 spiro atoms. The van der Waals surface area contributed by atoms with E-state index in [1.807, 2.05) is 18.2 Å². The van der Waals surface area contributed by atoms with E-state index in [0.717, 1.165) is 17.6 Å². The molecule has 0 fully saturated rings. The highest BCUT2D eigenvalue weighted by Gasteiger charge is 2.38. The highest BCUT2D eigenvalue weighted by molar-refractivity contribution is 6.30. The lowest BCUT2D eigenvalue weighted by Gasteiger charge is -2.33. The van der Waals surface area contributed by atoms with Gasteiger partial charge in [-0.2, -0.15) is 10.4 Å². The molecule has 5 rings (SSSR count). The lowest BCUT2D eigenvalue weighted by Crippen LogP contribution is -2.41. The van der Waals surface area contributed by atoms with Crippen molar-refractivity contribution in [1.82, 2.24) is 29.5 Å². The number of rotatable bonds is 2. The predicted octanol–water partition coefficient (Wildman–Crippen LogP) is 2.36. The van der Waals surface area contributed by atoms with Gasteiger partial charge in [-0.1, -0.05) is 11.6 Å². The molecule has 138 valence electrons. The number of aromatic nitrogens is 5. The minimum Gasteiger partial charge on any atom is -0.437 e. The van der Waals surface area contributed by atoms with Gasteiger partial charge in [-0.3, -0.25) is 4.79 Å². The third-order valence-corrected chi connectivity index (χ3v) is 5.00. The Morgan fingerprint density at radius 1 is 1.39 bits per heavy atom. The van der Waals surface area contributed by atoms with Crippen LogP contribution in [0.4, 0.5) is 0 Å². The van der Waals surface area contributed by atoms with Gasteiger partial charge in [0.25, 0.3) is 5.91 Å². The van der Waals surface area contributed by atoms with Crippen LogP contribution in [0.5, 0.6) is 0 Å². The maximum absolute atomic E-state index is 13.2. The molecule has 4 aromatic rings. The zero-order valence-electron chi connectivity index (χ0n) is 14.3. The number of nitriles is 1. The van der Waals surface area contributed by atoms with Gasteiger partial charge in [-0.25, -0.2) is 14.5 Å². The van der Waals surface area contributed by atoms with Gasteiger partial charge < -0.3 is 14.3 Å². The number of hydrogen-bond donors (Lipinski definition) is 1. The Morgan fingerprint density at radius 2 is 2.29 bits per heavy atom. The van der Waals surface area contributed by atoms with E-state index in [4.69, 9.17) is 16.0 Å². The van der Waals surface area contributed by atoms with Gasteiger partial charge in [0.1, 0.15) is 12.1 Å². The molecule has 0 bridgehead atoms. The van der Waals surface area contributed by atoms with Gasteiger partial charge in [0, 0.05) is 24.9 Å². The van der Waals surface area contributed by atoms with Crippen LogP contribution in [-0.2, 0) is 6.42 Å². The fourth-order valence-corrected chi connectivity index (χ4v) is 3.67. The summed E-state index contributed by atoms with van der Waals surface area (Å²) >= 11 is 6.06. The SMILES string of the molecule is N#Cc1ncoc1C(=O)N1CCc2[nH]cnc2C1c1cc2ccc(Cl)cn2n1. The van der Waals surface area contributed by atoms with Crippen molar-refractivity contribution in [3.63, 3.8) is 0 Å². The number of nitrogens with zero attached hydrogens (tertiary/aromatic N) is 6. The second-order valence-electron chi connectivity index (χ2n) is 6.35. The third kappa shape index (κ3) is 2.46. The monoisotopic (exact) mass is 393 g/mol. The molecule has 1 aliphatic heterocycles. The number of aromatic amines is 1. The van der Waals surface area contributed by atoms with Gasteiger partial charge in [0.15, 0.2) is 12.1 Å². The van der Waals surface area contributed by atoms with Gasteiger partial charge in [-0.15, -0.1) is 0 Å². The van der Waals surface area contributed by atoms with Crippen molar-refractivity contribution < 1.29 is 9.21 Å². The van der Waals surface area contributed by atoms with E-state index in [0.29, 0.717) is 29.4 Å². The quantitative estimate of drug-likeness (QED) is 0.558. The van der Waals surface area contributed by atoms with Crippen LogP contribution in [0, 0.1) is 11.3 Å². The summed E-state index contributed by atoms with van der Waals surface area (Å²) < 4.78 is 6.87. The first-order chi connectivity index (χ1) is 13.7. The first-order valence-electron chi connectivity index (χ1n) is 8.47. The number of carbonyl (C=O) groups excluding carboxylic acids is 1. The number of imidazole rings is 1. The Balaban J connectivity index is 1.64. The molecule has 0 radical (unpaired) electrons. The number of fused-ring (bicyclic) bond motifs is 2. The van der Waals surface area contributed by atoms with E-state index in [9.17, 15) is 10.1 Å². The topological polar surface area (TPSA) is 116 Å². The Labute approximate surface area is 163 Å². The van der Waals surface area contributed by atoms with Crippen LogP contribution in [0.3, 0.4) is 0 Å². The summed E-state index contributed by atoms with van der Waals surface area (Å²) in [6.07, 6.45) is 5.00. The van der Waals surface area contributed by atoms with Crippen molar-refractivity contribution in [2.75, 3.05) is 6.54 Å². The zero-order valence-corrected chi connectivity index (χ0v) is 15.1. The number of H-pyrrole nitrogens is 1. The summed E-state index contributed by atoms with van der Waals surface area (Å²) in [5.74, 6) is -0.513. The first kappa shape index (κ1) is 16.5. The average molecular weight is 394 g/mol. The molecule has 1 unspecified atom stereocenters. The zero-order chi connectivity index (χ0) is 19.3. The van der Waals surface area contributed by atoms with Gasteiger partial charge in [0.05, 0.1) is 28.3 Å². The van der Waals surface area contributed by atoms with Gasteiger partial charge >= 0.3 is 0 Å². The molecular weight excluding hydrogens is 382 g/mol. The molecule has 9 nitrogen and oxygen atoms in total. The number of halogens is 1. The minimum atomic E-state index is -0.530. The van der Waals surface area contributed by atoms with Crippen molar-refractivity contribution in [3.8, 4) is 6.07 Å². The van der Waals surface area contributed by atoms with Crippen LogP contribution >= 0.6 is 11.6 Å². The summed E-state index contributed by atoms with van der Waals surface area (Å²) in [4.78, 5) is 26.1. The predicted molar refractivity (Wildman–Crippen MR) is 96.6 cm³/mol. The molecule has 0 aromatic carbocycles. The number of oxazole rings is 1. The van der Waals surface area contributed by atoms with Crippen molar-refractivity contribution in [3.05, 3.63) is 70.7 Å². The Kier molecular flexibility index (Phi) is 3.67. The second-order valence-corrected chi connectivity index (χ2v) is 6.78. The average Bonchev–Trinajstić information content (AvgIpc) is 3.43. The summed E-state index contributed by atoms with van der Waals surface area (Å²) in [7, 11) is 0. The molecule has 10 heteroatoms. The normalized spacial score (nSPS) is 16.1. The van der Waals surface area contributed by atoms with Crippen molar-refractivity contribution in [2.24, 2.45) is 0 Å². The number of pyridine rings is 1. The van der Waals surface area contributed by atoms with E-state index in [-0.39, 0.29) is 11.5 Å². The molecule has 1 amide bonds. The molecule has 1 aliphatic rings. The standard InChI is InChI=1S/C18H12ClN7O2/c19-10-1-2-11-5-13(24-26(11)7-10)16-15-12(21-8-22-15)3-4-25(16)18(27)17-14(6-20)23-9-28-17/h1-2,5,7-9,16H,3-4H2,(H,21,22). The smallest absolute Gasteiger partial charge is 0.293 e. The van der Waals surface area contributed by atoms with Crippen LogP contribution in [0.25, 0.3) is 5.52 Å². The molecule has 28 heavy (non-hydrogen) atoms. The maximum Gasteiger partial charge on any atom is 0.293 e. The van der Waals surface area contributed by atoms with Crippen molar-refractivity contribution in [1.29, 1.82) is 5.26 Å².